The largest absolute Gasteiger partial charge is 0.481 e. The first kappa shape index (κ1) is 15.4. The third-order valence-electron chi connectivity index (χ3n) is 3.37. The summed E-state index contributed by atoms with van der Waals surface area (Å²) in [5.74, 6) is -1.87. The lowest BCUT2D eigenvalue weighted by atomic mass is 10.0. The number of nitrogens with one attached hydrogen (secondary N) is 2. The second-order valence-corrected chi connectivity index (χ2v) is 5.27. The molecule has 0 fully saturated rings. The Balaban J connectivity index is 2.12. The van der Waals surface area contributed by atoms with E-state index in [-0.39, 0.29) is 12.2 Å². The Labute approximate surface area is 127 Å². The number of para-hydroxylation sites is 1. The Morgan fingerprint density at radius 3 is 2.71 bits per heavy atom. The molecule has 1 atom stereocenters. The predicted molar refractivity (Wildman–Crippen MR) is 81.7 cm³/mol. The summed E-state index contributed by atoms with van der Waals surface area (Å²) in [6, 6.07) is 7.33. The summed E-state index contributed by atoms with van der Waals surface area (Å²) in [5, 5.41) is 12.8. The van der Waals surface area contributed by atoms with Crippen molar-refractivity contribution < 1.29 is 14.7 Å². The maximum absolute atomic E-state index is 12.1. The van der Waals surface area contributed by atoms with Crippen molar-refractivity contribution in [3.8, 4) is 0 Å². The molecule has 2 rings (SSSR count). The van der Waals surface area contributed by atoms with Gasteiger partial charge in [-0.25, -0.2) is 0 Å². The molecule has 3 N–H and O–H groups in total. The number of halogens is 1. The highest BCUT2D eigenvalue weighted by atomic mass is 35.5. The molecule has 0 spiro atoms. The third kappa shape index (κ3) is 3.36. The molecule has 1 aromatic heterocycles. The van der Waals surface area contributed by atoms with Crippen LogP contribution in [0.1, 0.15) is 30.3 Å². The minimum Gasteiger partial charge on any atom is -0.481 e. The number of benzene rings is 1. The van der Waals surface area contributed by atoms with Gasteiger partial charge in [0.1, 0.15) is 5.69 Å². The molecule has 1 unspecified atom stereocenters. The number of aromatic amines is 1. The Morgan fingerprint density at radius 1 is 1.38 bits per heavy atom. The standard InChI is InChI=1S/C15H17ClN2O3/c1-2-5-9(15(20)21)8-17-14(19)13-12(16)10-6-3-4-7-11(10)18-13/h3-4,6-7,9,18H,2,5,8H2,1H3,(H,17,19)(H,20,21). The molecule has 0 aliphatic heterocycles. The minimum atomic E-state index is -0.903. The molecule has 0 saturated carbocycles. The Hall–Kier alpha value is -2.01. The lowest BCUT2D eigenvalue weighted by molar-refractivity contribution is -0.141. The molecule has 2 aromatic rings. The van der Waals surface area contributed by atoms with Gasteiger partial charge in [0, 0.05) is 17.4 Å². The van der Waals surface area contributed by atoms with E-state index in [1.807, 2.05) is 31.2 Å². The van der Waals surface area contributed by atoms with Crippen LogP contribution in [0.4, 0.5) is 0 Å². The zero-order valence-electron chi connectivity index (χ0n) is 11.6. The number of fused-ring (bicyclic) bond motifs is 1. The quantitative estimate of drug-likeness (QED) is 0.767. The molecule has 1 amide bonds. The van der Waals surface area contributed by atoms with E-state index >= 15 is 0 Å². The fraction of sp³-hybridized carbons (Fsp3) is 0.333. The van der Waals surface area contributed by atoms with Crippen molar-refractivity contribution in [1.82, 2.24) is 10.3 Å². The van der Waals surface area contributed by atoms with Gasteiger partial charge in [0.2, 0.25) is 0 Å². The molecule has 0 saturated heterocycles. The number of amides is 1. The first-order chi connectivity index (χ1) is 10.0. The van der Waals surface area contributed by atoms with Crippen molar-refractivity contribution in [2.24, 2.45) is 5.92 Å². The number of aliphatic carboxylic acids is 1. The lowest BCUT2D eigenvalue weighted by Crippen LogP contribution is -2.33. The van der Waals surface area contributed by atoms with E-state index in [1.165, 1.54) is 0 Å². The molecule has 5 nitrogen and oxygen atoms in total. The summed E-state index contributed by atoms with van der Waals surface area (Å²) < 4.78 is 0. The first-order valence-corrected chi connectivity index (χ1v) is 7.19. The van der Waals surface area contributed by atoms with Gasteiger partial charge >= 0.3 is 5.97 Å². The topological polar surface area (TPSA) is 82.2 Å². The molecule has 0 aliphatic rings. The van der Waals surface area contributed by atoms with Gasteiger partial charge in [-0.2, -0.15) is 0 Å². The monoisotopic (exact) mass is 308 g/mol. The molecule has 1 heterocycles. The normalized spacial score (nSPS) is 12.3. The van der Waals surface area contributed by atoms with Crippen LogP contribution in [0, 0.1) is 5.92 Å². The summed E-state index contributed by atoms with van der Waals surface area (Å²) in [7, 11) is 0. The second kappa shape index (κ2) is 6.63. The van der Waals surface area contributed by atoms with Crippen LogP contribution in [0.5, 0.6) is 0 Å². The molecular weight excluding hydrogens is 292 g/mol. The zero-order valence-corrected chi connectivity index (χ0v) is 12.4. The van der Waals surface area contributed by atoms with Crippen molar-refractivity contribution in [2.75, 3.05) is 6.54 Å². The number of aromatic nitrogens is 1. The molecule has 0 bridgehead atoms. The highest BCUT2D eigenvalue weighted by Crippen LogP contribution is 2.27. The summed E-state index contributed by atoms with van der Waals surface area (Å²) in [6.45, 7) is 2.00. The van der Waals surface area contributed by atoms with E-state index in [4.69, 9.17) is 16.7 Å². The Kier molecular flexibility index (Phi) is 4.85. The number of carboxylic acid groups (broad SMARTS) is 1. The summed E-state index contributed by atoms with van der Waals surface area (Å²) in [5.41, 5.74) is 1.04. The number of H-pyrrole nitrogens is 1. The van der Waals surface area contributed by atoms with Crippen molar-refractivity contribution in [2.45, 2.75) is 19.8 Å². The van der Waals surface area contributed by atoms with Gasteiger partial charge in [0.15, 0.2) is 0 Å². The minimum absolute atomic E-state index is 0.0910. The molecule has 112 valence electrons. The average molecular weight is 309 g/mol. The van der Waals surface area contributed by atoms with Gasteiger partial charge in [0.25, 0.3) is 5.91 Å². The fourth-order valence-electron chi connectivity index (χ4n) is 2.23. The van der Waals surface area contributed by atoms with Gasteiger partial charge in [0.05, 0.1) is 10.9 Å². The second-order valence-electron chi connectivity index (χ2n) is 4.89. The molecule has 6 heteroatoms. The van der Waals surface area contributed by atoms with E-state index in [1.54, 1.807) is 0 Å². The Morgan fingerprint density at radius 2 is 2.10 bits per heavy atom. The molecule has 1 aromatic carbocycles. The average Bonchev–Trinajstić information content (AvgIpc) is 2.80. The number of rotatable bonds is 6. The summed E-state index contributed by atoms with van der Waals surface area (Å²) >= 11 is 6.18. The van der Waals surface area contributed by atoms with Crippen molar-refractivity contribution in [1.29, 1.82) is 0 Å². The molecule has 0 aliphatic carbocycles. The van der Waals surface area contributed by atoms with Gasteiger partial charge in [-0.3, -0.25) is 9.59 Å². The molecule has 0 radical (unpaired) electrons. The van der Waals surface area contributed by atoms with Crippen molar-refractivity contribution >= 4 is 34.4 Å². The van der Waals surface area contributed by atoms with Gasteiger partial charge in [-0.1, -0.05) is 43.1 Å². The zero-order chi connectivity index (χ0) is 15.4. The van der Waals surface area contributed by atoms with Gasteiger partial charge in [-0.05, 0) is 12.5 Å². The SMILES string of the molecule is CCCC(CNC(=O)c1[nH]c2ccccc2c1Cl)C(=O)O. The van der Waals surface area contributed by atoms with Crippen LogP contribution in [-0.2, 0) is 4.79 Å². The van der Waals surface area contributed by atoms with E-state index in [0.717, 1.165) is 17.3 Å². The predicted octanol–water partition coefficient (Wildman–Crippen LogP) is 3.05. The third-order valence-corrected chi connectivity index (χ3v) is 3.76. The van der Waals surface area contributed by atoms with Crippen LogP contribution in [-0.4, -0.2) is 28.5 Å². The smallest absolute Gasteiger partial charge is 0.308 e. The van der Waals surface area contributed by atoms with Crippen molar-refractivity contribution in [3.63, 3.8) is 0 Å². The van der Waals surface area contributed by atoms with Crippen LogP contribution in [0.3, 0.4) is 0 Å². The van der Waals surface area contributed by atoms with Crippen LogP contribution in [0.15, 0.2) is 24.3 Å². The van der Waals surface area contributed by atoms with Crippen LogP contribution in [0.2, 0.25) is 5.02 Å². The number of carbonyl (C=O) groups is 2. The highest BCUT2D eigenvalue weighted by Gasteiger charge is 2.20. The summed E-state index contributed by atoms with van der Waals surface area (Å²) in [4.78, 5) is 26.2. The van der Waals surface area contributed by atoms with Gasteiger partial charge in [-0.15, -0.1) is 0 Å². The summed E-state index contributed by atoms with van der Waals surface area (Å²) in [6.07, 6.45) is 1.27. The van der Waals surface area contributed by atoms with Crippen LogP contribution >= 0.6 is 11.6 Å². The van der Waals surface area contributed by atoms with E-state index in [9.17, 15) is 9.59 Å². The Bertz CT molecular complexity index is 666. The highest BCUT2D eigenvalue weighted by molar-refractivity contribution is 6.38. The van der Waals surface area contributed by atoms with E-state index < -0.39 is 17.8 Å². The fourth-order valence-corrected chi connectivity index (χ4v) is 2.53. The maximum atomic E-state index is 12.1. The number of hydrogen-bond donors (Lipinski definition) is 3. The number of hydrogen-bond acceptors (Lipinski definition) is 2. The molecular formula is C15H17ClN2O3. The number of carbonyl (C=O) groups excluding carboxylic acids is 1. The van der Waals surface area contributed by atoms with E-state index in [0.29, 0.717) is 11.4 Å². The maximum Gasteiger partial charge on any atom is 0.308 e. The van der Waals surface area contributed by atoms with Crippen LogP contribution in [0.25, 0.3) is 10.9 Å². The van der Waals surface area contributed by atoms with Crippen LogP contribution < -0.4 is 5.32 Å². The molecule has 21 heavy (non-hydrogen) atoms. The first-order valence-electron chi connectivity index (χ1n) is 6.81. The van der Waals surface area contributed by atoms with Crippen molar-refractivity contribution in [3.05, 3.63) is 35.0 Å². The van der Waals surface area contributed by atoms with E-state index in [2.05, 4.69) is 10.3 Å². The lowest BCUT2D eigenvalue weighted by Gasteiger charge is -2.11. The van der Waals surface area contributed by atoms with Gasteiger partial charge < -0.3 is 15.4 Å². The number of carboxylic acids is 1.